The minimum absolute atomic E-state index is 0.177. The SMILES string of the molecule is CC1C=CC2=C[C@H](C)CCC2C1CCC(O)CCCC(=O)N1CCN=C1C1CN(C(C)C)CCN1C(C)C.CCC(C)(C)C(=O)O. The van der Waals surface area contributed by atoms with E-state index >= 15 is 0 Å². The lowest BCUT2D eigenvalue weighted by atomic mass is 9.66. The molecule has 2 aliphatic heterocycles. The molecule has 2 N–H and O–H groups in total. The van der Waals surface area contributed by atoms with Gasteiger partial charge in [0.05, 0.1) is 24.1 Å². The molecule has 0 aromatic rings. The largest absolute Gasteiger partial charge is 0.481 e. The standard InChI is InChI=1S/C32H54N4O2.C6H12O2/c1-22(2)34-18-19-35(23(3)4)30(21-34)32-33-16-17-36(32)31(38)9-7-8-27(37)13-15-28-25(6)11-12-26-20-24(5)10-14-29(26)28;1-4-6(2,3)5(7)8/h11-12,20,22-25,27-30,37H,7-10,13-19,21H2,1-6H3;4H2,1-3H3,(H,7,8)/t24-,25?,27?,28?,29?,30?;/m1./s1. The number of fused-ring (bicyclic) bond motifs is 1. The predicted molar refractivity (Wildman–Crippen MR) is 189 cm³/mol. The number of carbonyl (C=O) groups is 2. The van der Waals surface area contributed by atoms with Crippen LogP contribution < -0.4 is 0 Å². The fourth-order valence-corrected chi connectivity index (χ4v) is 7.46. The molecule has 1 amide bonds. The van der Waals surface area contributed by atoms with E-state index in [-0.39, 0.29) is 18.1 Å². The molecule has 0 radical (unpaired) electrons. The molecule has 0 spiro atoms. The Kier molecular flexibility index (Phi) is 14.5. The lowest BCUT2D eigenvalue weighted by molar-refractivity contribution is -0.147. The molecule has 0 aromatic carbocycles. The summed E-state index contributed by atoms with van der Waals surface area (Å²) in [4.78, 5) is 35.4. The van der Waals surface area contributed by atoms with E-state index in [9.17, 15) is 14.7 Å². The number of hydrogen-bond donors (Lipinski definition) is 2. The van der Waals surface area contributed by atoms with Gasteiger partial charge in [-0.25, -0.2) is 0 Å². The van der Waals surface area contributed by atoms with E-state index < -0.39 is 11.4 Å². The highest BCUT2D eigenvalue weighted by molar-refractivity contribution is 6.02. The van der Waals surface area contributed by atoms with E-state index in [4.69, 9.17) is 10.1 Å². The number of amidine groups is 1. The first kappa shape index (κ1) is 38.4. The molecule has 46 heavy (non-hydrogen) atoms. The molecule has 262 valence electrons. The average Bonchev–Trinajstić information content (AvgIpc) is 3.50. The number of piperazine rings is 1. The Morgan fingerprint density at radius 2 is 1.76 bits per heavy atom. The molecule has 8 heteroatoms. The number of aliphatic carboxylic acids is 1. The molecule has 0 bridgehead atoms. The van der Waals surface area contributed by atoms with E-state index in [0.29, 0.717) is 68.1 Å². The predicted octanol–water partition coefficient (Wildman–Crippen LogP) is 6.64. The summed E-state index contributed by atoms with van der Waals surface area (Å²) >= 11 is 0. The number of allylic oxidation sites excluding steroid dienone is 4. The van der Waals surface area contributed by atoms with E-state index in [2.05, 4.69) is 69.6 Å². The van der Waals surface area contributed by atoms with Crippen LogP contribution in [0.3, 0.4) is 0 Å². The number of aliphatic hydroxyl groups is 1. The minimum atomic E-state index is -0.722. The fraction of sp³-hybridized carbons (Fsp3) is 0.816. The zero-order chi connectivity index (χ0) is 34.2. The molecule has 1 fully saturated rings. The monoisotopic (exact) mass is 643 g/mol. The van der Waals surface area contributed by atoms with Crippen molar-refractivity contribution < 1.29 is 19.8 Å². The van der Waals surface area contributed by atoms with Gasteiger partial charge in [-0.15, -0.1) is 0 Å². The summed E-state index contributed by atoms with van der Waals surface area (Å²) in [7, 11) is 0. The number of carbonyl (C=O) groups excluding carboxylic acids is 1. The lowest BCUT2D eigenvalue weighted by Gasteiger charge is -2.46. The second-order valence-corrected chi connectivity index (χ2v) is 15.6. The van der Waals surface area contributed by atoms with Crippen molar-refractivity contribution >= 4 is 17.7 Å². The van der Waals surface area contributed by atoms with Gasteiger partial charge in [-0.05, 0) is 116 Å². The summed E-state index contributed by atoms with van der Waals surface area (Å²) in [5, 5.41) is 19.3. The van der Waals surface area contributed by atoms with Gasteiger partial charge >= 0.3 is 5.97 Å². The van der Waals surface area contributed by atoms with Crippen LogP contribution in [0.15, 0.2) is 28.8 Å². The molecule has 4 aliphatic rings. The normalized spacial score (nSPS) is 28.0. The number of aliphatic imine (C=N–C) groups is 1. The molecule has 6 atom stereocenters. The molecule has 0 aromatic heterocycles. The van der Waals surface area contributed by atoms with Crippen LogP contribution in [0, 0.1) is 29.1 Å². The third-order valence-electron chi connectivity index (χ3n) is 11.2. The molecule has 1 saturated heterocycles. The number of carboxylic acids is 1. The van der Waals surface area contributed by atoms with E-state index in [1.54, 1.807) is 13.8 Å². The number of aliphatic hydroxyl groups excluding tert-OH is 1. The highest BCUT2D eigenvalue weighted by Crippen LogP contribution is 2.43. The number of nitrogens with zero attached hydrogens (tertiary/aromatic N) is 4. The van der Waals surface area contributed by atoms with Crippen molar-refractivity contribution in [1.82, 2.24) is 14.7 Å². The molecule has 0 saturated carbocycles. The van der Waals surface area contributed by atoms with Crippen LogP contribution in [0.1, 0.15) is 114 Å². The number of carboxylic acid groups (broad SMARTS) is 1. The Bertz CT molecular complexity index is 1100. The summed E-state index contributed by atoms with van der Waals surface area (Å²) < 4.78 is 0. The van der Waals surface area contributed by atoms with Gasteiger partial charge < -0.3 is 10.2 Å². The van der Waals surface area contributed by atoms with Gasteiger partial charge in [0.15, 0.2) is 0 Å². The second-order valence-electron chi connectivity index (χ2n) is 15.6. The average molecular weight is 643 g/mol. The Hall–Kier alpha value is -2.03. The van der Waals surface area contributed by atoms with Gasteiger partial charge in [0.25, 0.3) is 0 Å². The first-order chi connectivity index (χ1) is 21.7. The number of amides is 1. The Labute approximate surface area is 280 Å². The summed E-state index contributed by atoms with van der Waals surface area (Å²) in [6.45, 7) is 23.4. The van der Waals surface area contributed by atoms with Gasteiger partial charge in [-0.3, -0.25) is 29.3 Å². The van der Waals surface area contributed by atoms with Gasteiger partial charge in [-0.2, -0.15) is 0 Å². The number of hydrogen-bond acceptors (Lipinski definition) is 6. The third kappa shape index (κ3) is 10.2. The van der Waals surface area contributed by atoms with Crippen LogP contribution in [0.2, 0.25) is 0 Å². The van der Waals surface area contributed by atoms with Crippen molar-refractivity contribution in [2.24, 2.45) is 34.1 Å². The van der Waals surface area contributed by atoms with Gasteiger partial charge in [0.2, 0.25) is 5.91 Å². The van der Waals surface area contributed by atoms with Crippen molar-refractivity contribution in [2.75, 3.05) is 32.7 Å². The van der Waals surface area contributed by atoms with E-state index in [1.807, 2.05) is 11.8 Å². The summed E-state index contributed by atoms with van der Waals surface area (Å²) in [6, 6.07) is 1.10. The van der Waals surface area contributed by atoms with Crippen LogP contribution in [0.25, 0.3) is 0 Å². The van der Waals surface area contributed by atoms with Crippen molar-refractivity contribution in [2.45, 2.75) is 138 Å². The van der Waals surface area contributed by atoms with Gasteiger partial charge in [0, 0.05) is 44.7 Å². The molecule has 5 unspecified atom stereocenters. The zero-order valence-corrected chi connectivity index (χ0v) is 30.5. The van der Waals surface area contributed by atoms with Crippen molar-refractivity contribution in [3.8, 4) is 0 Å². The van der Waals surface area contributed by atoms with Crippen LogP contribution in [0.5, 0.6) is 0 Å². The van der Waals surface area contributed by atoms with Crippen LogP contribution >= 0.6 is 0 Å². The Morgan fingerprint density at radius 1 is 1.04 bits per heavy atom. The smallest absolute Gasteiger partial charge is 0.309 e. The molecule has 2 heterocycles. The minimum Gasteiger partial charge on any atom is -0.481 e. The van der Waals surface area contributed by atoms with Gasteiger partial charge in [-0.1, -0.05) is 39.0 Å². The molecule has 8 nitrogen and oxygen atoms in total. The molecular formula is C38H66N4O4. The van der Waals surface area contributed by atoms with Crippen LogP contribution in [-0.4, -0.2) is 99.6 Å². The summed E-state index contributed by atoms with van der Waals surface area (Å²) in [6.07, 6.45) is 14.0. The summed E-state index contributed by atoms with van der Waals surface area (Å²) in [5.74, 6) is 2.97. The topological polar surface area (TPSA) is 96.7 Å². The summed E-state index contributed by atoms with van der Waals surface area (Å²) in [5.41, 5.74) is 0.987. The molecule has 2 aliphatic carbocycles. The molecule has 4 rings (SSSR count). The maximum absolute atomic E-state index is 13.3. The molecular weight excluding hydrogens is 576 g/mol. The van der Waals surface area contributed by atoms with Crippen LogP contribution in [-0.2, 0) is 9.59 Å². The highest BCUT2D eigenvalue weighted by atomic mass is 16.4. The van der Waals surface area contributed by atoms with E-state index in [1.165, 1.54) is 18.4 Å². The zero-order valence-electron chi connectivity index (χ0n) is 30.5. The first-order valence-corrected chi connectivity index (χ1v) is 18.3. The van der Waals surface area contributed by atoms with Gasteiger partial charge in [0.1, 0.15) is 5.84 Å². The van der Waals surface area contributed by atoms with Crippen LogP contribution in [0.4, 0.5) is 0 Å². The maximum atomic E-state index is 13.3. The Morgan fingerprint density at radius 3 is 2.37 bits per heavy atom. The maximum Gasteiger partial charge on any atom is 0.309 e. The van der Waals surface area contributed by atoms with Crippen molar-refractivity contribution in [3.63, 3.8) is 0 Å². The van der Waals surface area contributed by atoms with E-state index in [0.717, 1.165) is 44.7 Å². The quantitative estimate of drug-likeness (QED) is 0.248. The van der Waals surface area contributed by atoms with Crippen molar-refractivity contribution in [3.05, 3.63) is 23.8 Å². The number of rotatable bonds is 12. The fourth-order valence-electron chi connectivity index (χ4n) is 7.46. The lowest BCUT2D eigenvalue weighted by Crippen LogP contribution is -2.62. The third-order valence-corrected chi connectivity index (χ3v) is 11.2. The first-order valence-electron chi connectivity index (χ1n) is 18.3. The highest BCUT2D eigenvalue weighted by Gasteiger charge is 2.38. The van der Waals surface area contributed by atoms with Crippen molar-refractivity contribution in [1.29, 1.82) is 0 Å². The second kappa shape index (κ2) is 17.4. The Balaban J connectivity index is 0.000000637.